The molecule has 178 valence electrons. The van der Waals surface area contributed by atoms with E-state index in [0.29, 0.717) is 57.9 Å². The maximum absolute atomic E-state index is 11.9. The van der Waals surface area contributed by atoms with Crippen molar-refractivity contribution < 1.29 is 28.6 Å². The minimum Gasteiger partial charge on any atom is -0.379 e. The summed E-state index contributed by atoms with van der Waals surface area (Å²) in [6.45, 7) is 2.93. The molecule has 0 aromatic heterocycles. The molecule has 12 heteroatoms. The molecule has 2 aliphatic rings. The van der Waals surface area contributed by atoms with E-state index in [1.54, 1.807) is 0 Å². The molecule has 3 atom stereocenters. The van der Waals surface area contributed by atoms with Gasteiger partial charge in [-0.2, -0.15) is 11.8 Å². The molecule has 11 nitrogen and oxygen atoms in total. The topological polar surface area (TPSA) is 153 Å². The first kappa shape index (κ1) is 25.7. The van der Waals surface area contributed by atoms with Gasteiger partial charge >= 0.3 is 6.03 Å². The summed E-state index contributed by atoms with van der Waals surface area (Å²) in [5, 5.41) is 9.22. The number of hydrogen-bond acceptors (Lipinski definition) is 8. The average molecular weight is 462 g/mol. The van der Waals surface area contributed by atoms with Crippen molar-refractivity contribution in [3.05, 3.63) is 0 Å². The molecular formula is C19H35N5O6S. The second-order valence-corrected chi connectivity index (χ2v) is 8.64. The van der Waals surface area contributed by atoms with E-state index in [9.17, 15) is 14.4 Å². The monoisotopic (exact) mass is 461 g/mol. The van der Waals surface area contributed by atoms with Gasteiger partial charge in [0.2, 0.25) is 11.8 Å². The van der Waals surface area contributed by atoms with Gasteiger partial charge in [-0.05, 0) is 12.8 Å². The summed E-state index contributed by atoms with van der Waals surface area (Å²) in [4.78, 5) is 34.1. The molecule has 0 spiro atoms. The molecule has 2 rings (SSSR count). The standard InChI is InChI=1S/C19H35N5O6S/c20-24-17(26)5-7-28-9-11-30-12-10-29-8-6-21-16(25)4-2-1-3-15-18-14(13-31-15)22-19(27)23-18/h14-15,18H,1-13,20H2,(H,21,25)(H,24,26)(H2,22,23,27)/t14-,15-,18-/m0/s1. The SMILES string of the molecule is NNC(=O)CCOCCOCCOCCNC(=O)CCCC[C@@H]1SC[C@@H]2NC(=O)N[C@@H]21. The number of nitrogens with two attached hydrogens (primary N) is 1. The maximum Gasteiger partial charge on any atom is 0.315 e. The summed E-state index contributed by atoms with van der Waals surface area (Å²) in [7, 11) is 0. The minimum absolute atomic E-state index is 0.0353. The summed E-state index contributed by atoms with van der Waals surface area (Å²) in [6.07, 6.45) is 3.56. The number of carbonyl (C=O) groups excluding carboxylic acids is 3. The second-order valence-electron chi connectivity index (χ2n) is 7.37. The fourth-order valence-corrected chi connectivity index (χ4v) is 4.95. The van der Waals surface area contributed by atoms with Crippen LogP contribution >= 0.6 is 11.8 Å². The predicted molar refractivity (Wildman–Crippen MR) is 116 cm³/mol. The number of amides is 4. The third-order valence-corrected chi connectivity index (χ3v) is 6.54. The number of hydrazine groups is 1. The number of ether oxygens (including phenoxy) is 3. The zero-order valence-electron chi connectivity index (χ0n) is 17.9. The van der Waals surface area contributed by atoms with Crippen LogP contribution in [0.3, 0.4) is 0 Å². The van der Waals surface area contributed by atoms with Crippen molar-refractivity contribution in [3.63, 3.8) is 0 Å². The number of fused-ring (bicyclic) bond motifs is 1. The van der Waals surface area contributed by atoms with Gasteiger partial charge in [0, 0.05) is 24.0 Å². The molecule has 0 aromatic rings. The van der Waals surface area contributed by atoms with Crippen LogP contribution in [0.15, 0.2) is 0 Å². The van der Waals surface area contributed by atoms with Crippen molar-refractivity contribution in [3.8, 4) is 0 Å². The van der Waals surface area contributed by atoms with Crippen molar-refractivity contribution in [1.29, 1.82) is 0 Å². The van der Waals surface area contributed by atoms with Crippen LogP contribution in [0.2, 0.25) is 0 Å². The first-order valence-electron chi connectivity index (χ1n) is 10.8. The molecule has 0 aromatic carbocycles. The first-order chi connectivity index (χ1) is 15.1. The van der Waals surface area contributed by atoms with Gasteiger partial charge in [-0.3, -0.25) is 15.0 Å². The van der Waals surface area contributed by atoms with E-state index < -0.39 is 0 Å². The Bertz CT molecular complexity index is 570. The van der Waals surface area contributed by atoms with E-state index in [2.05, 4.69) is 16.0 Å². The van der Waals surface area contributed by atoms with Gasteiger partial charge in [-0.1, -0.05) is 6.42 Å². The summed E-state index contributed by atoms with van der Waals surface area (Å²) in [5.74, 6) is 5.69. The third-order valence-electron chi connectivity index (χ3n) is 5.03. The molecule has 0 radical (unpaired) electrons. The molecule has 0 aliphatic carbocycles. The third kappa shape index (κ3) is 10.5. The number of hydrogen-bond donors (Lipinski definition) is 5. The van der Waals surface area contributed by atoms with Gasteiger partial charge in [0.05, 0.1) is 58.1 Å². The lowest BCUT2D eigenvalue weighted by molar-refractivity contribution is -0.123. The summed E-state index contributed by atoms with van der Waals surface area (Å²) < 4.78 is 16.0. The molecule has 2 aliphatic heterocycles. The van der Waals surface area contributed by atoms with Crippen LogP contribution in [-0.2, 0) is 23.8 Å². The van der Waals surface area contributed by atoms with Crippen molar-refractivity contribution >= 4 is 29.6 Å². The van der Waals surface area contributed by atoms with Crippen LogP contribution in [-0.4, -0.2) is 87.1 Å². The minimum atomic E-state index is -0.263. The predicted octanol–water partition coefficient (Wildman–Crippen LogP) is -0.742. The highest BCUT2D eigenvalue weighted by Crippen LogP contribution is 2.33. The van der Waals surface area contributed by atoms with E-state index in [4.69, 9.17) is 20.1 Å². The molecule has 4 amide bonds. The molecule has 2 fully saturated rings. The van der Waals surface area contributed by atoms with E-state index in [1.165, 1.54) is 0 Å². The summed E-state index contributed by atoms with van der Waals surface area (Å²) >= 11 is 1.90. The van der Waals surface area contributed by atoms with Crippen LogP contribution in [0.1, 0.15) is 32.1 Å². The molecule has 2 heterocycles. The lowest BCUT2D eigenvalue weighted by atomic mass is 10.0. The largest absolute Gasteiger partial charge is 0.379 e. The first-order valence-corrected chi connectivity index (χ1v) is 11.8. The van der Waals surface area contributed by atoms with Crippen LogP contribution < -0.4 is 27.2 Å². The van der Waals surface area contributed by atoms with E-state index in [0.717, 1.165) is 25.0 Å². The quantitative estimate of drug-likeness (QED) is 0.0624. The van der Waals surface area contributed by atoms with Crippen molar-refractivity contribution in [2.75, 3.05) is 51.9 Å². The molecule has 0 saturated carbocycles. The van der Waals surface area contributed by atoms with Crippen LogP contribution in [0, 0.1) is 0 Å². The van der Waals surface area contributed by atoms with Crippen LogP contribution in [0.4, 0.5) is 4.79 Å². The molecule has 0 bridgehead atoms. The smallest absolute Gasteiger partial charge is 0.315 e. The highest BCUT2D eigenvalue weighted by Gasteiger charge is 2.42. The van der Waals surface area contributed by atoms with Crippen molar-refractivity contribution in [1.82, 2.24) is 21.4 Å². The van der Waals surface area contributed by atoms with Crippen molar-refractivity contribution in [2.45, 2.75) is 49.4 Å². The van der Waals surface area contributed by atoms with Gasteiger partial charge in [0.25, 0.3) is 0 Å². The molecule has 2 saturated heterocycles. The molecule has 31 heavy (non-hydrogen) atoms. The highest BCUT2D eigenvalue weighted by atomic mass is 32.2. The Morgan fingerprint density at radius 2 is 1.68 bits per heavy atom. The van der Waals surface area contributed by atoms with Gasteiger partial charge in [0.15, 0.2) is 0 Å². The maximum atomic E-state index is 11.9. The van der Waals surface area contributed by atoms with Gasteiger partial charge in [-0.15, -0.1) is 0 Å². The summed E-state index contributed by atoms with van der Waals surface area (Å²) in [6, 6.07) is 0.415. The van der Waals surface area contributed by atoms with E-state index >= 15 is 0 Å². The lowest BCUT2D eigenvalue weighted by Gasteiger charge is -2.16. The lowest BCUT2D eigenvalue weighted by Crippen LogP contribution is -2.36. The average Bonchev–Trinajstić information content (AvgIpc) is 3.31. The van der Waals surface area contributed by atoms with Gasteiger partial charge in [-0.25, -0.2) is 10.6 Å². The van der Waals surface area contributed by atoms with Crippen molar-refractivity contribution in [2.24, 2.45) is 5.84 Å². The Labute approximate surface area is 187 Å². The Balaban J connectivity index is 1.31. The van der Waals surface area contributed by atoms with Gasteiger partial charge in [0.1, 0.15) is 0 Å². The molecular weight excluding hydrogens is 426 g/mol. The highest BCUT2D eigenvalue weighted by molar-refractivity contribution is 8.00. The normalized spacial score (nSPS) is 22.0. The van der Waals surface area contributed by atoms with Gasteiger partial charge < -0.3 is 30.2 Å². The zero-order chi connectivity index (χ0) is 22.3. The zero-order valence-corrected chi connectivity index (χ0v) is 18.7. The number of nitrogens with one attached hydrogen (secondary N) is 4. The Hall–Kier alpha value is -1.60. The number of rotatable bonds is 17. The number of thioether (sulfide) groups is 1. The van der Waals surface area contributed by atoms with E-state index in [-0.39, 0.29) is 36.3 Å². The molecule has 0 unspecified atom stereocenters. The summed E-state index contributed by atoms with van der Waals surface area (Å²) in [5.41, 5.74) is 2.03. The van der Waals surface area contributed by atoms with Crippen LogP contribution in [0.5, 0.6) is 0 Å². The fraction of sp³-hybridized carbons (Fsp3) is 0.842. The number of urea groups is 1. The second kappa shape index (κ2) is 15.2. The number of carbonyl (C=O) groups is 3. The molecule has 6 N–H and O–H groups in total. The Morgan fingerprint density at radius 3 is 2.42 bits per heavy atom. The Kier molecular flexibility index (Phi) is 12.6. The van der Waals surface area contributed by atoms with E-state index in [1.807, 2.05) is 17.2 Å². The Morgan fingerprint density at radius 1 is 0.968 bits per heavy atom. The number of unbranched alkanes of at least 4 members (excludes halogenated alkanes) is 1. The van der Waals surface area contributed by atoms with Crippen LogP contribution in [0.25, 0.3) is 0 Å². The fourth-order valence-electron chi connectivity index (χ4n) is 3.40.